The summed E-state index contributed by atoms with van der Waals surface area (Å²) in [6, 6.07) is 14.8. The van der Waals surface area contributed by atoms with Crippen molar-refractivity contribution in [2.24, 2.45) is 0 Å². The number of piperazine rings is 1. The number of para-hydroxylation sites is 1. The average molecular weight is 340 g/mol. The number of ether oxygens (including phenoxy) is 3. The molecule has 0 spiro atoms. The number of rotatable bonds is 4. The Hall–Kier alpha value is -2.24. The minimum atomic E-state index is 0.290. The minimum absolute atomic E-state index is 0.290. The molecule has 0 bridgehead atoms. The fourth-order valence-corrected chi connectivity index (χ4v) is 3.60. The number of hydrogen-bond donors (Lipinski definition) is 1. The highest BCUT2D eigenvalue weighted by Gasteiger charge is 2.26. The lowest BCUT2D eigenvalue weighted by Gasteiger charge is -2.37. The van der Waals surface area contributed by atoms with Gasteiger partial charge in [-0.3, -0.25) is 4.90 Å². The normalized spacial score (nSPS) is 20.3. The van der Waals surface area contributed by atoms with Crippen molar-refractivity contribution in [3.05, 3.63) is 53.6 Å². The number of nitrogens with zero attached hydrogens (tertiary/aromatic N) is 1. The van der Waals surface area contributed by atoms with Crippen LogP contribution in [0.4, 0.5) is 0 Å². The molecule has 1 N–H and O–H groups in total. The zero-order valence-corrected chi connectivity index (χ0v) is 14.5. The number of methoxy groups -OCH3 is 1. The van der Waals surface area contributed by atoms with Gasteiger partial charge in [-0.25, -0.2) is 0 Å². The van der Waals surface area contributed by atoms with Crippen molar-refractivity contribution in [2.45, 2.75) is 12.6 Å². The van der Waals surface area contributed by atoms with E-state index >= 15 is 0 Å². The van der Waals surface area contributed by atoms with Crippen LogP contribution in [0, 0.1) is 0 Å². The molecule has 2 aromatic rings. The zero-order chi connectivity index (χ0) is 17.1. The SMILES string of the molecule is COc1ccccc1C1CNCCN1Cc1ccc2c(c1)OCCO2. The van der Waals surface area contributed by atoms with Crippen LogP contribution >= 0.6 is 0 Å². The zero-order valence-electron chi connectivity index (χ0n) is 14.5. The Morgan fingerprint density at radius 3 is 2.84 bits per heavy atom. The first kappa shape index (κ1) is 16.2. The topological polar surface area (TPSA) is 43.0 Å². The van der Waals surface area contributed by atoms with E-state index in [0.717, 1.165) is 43.4 Å². The maximum absolute atomic E-state index is 5.73. The van der Waals surface area contributed by atoms with E-state index in [-0.39, 0.29) is 6.04 Å². The Kier molecular flexibility index (Phi) is 4.76. The van der Waals surface area contributed by atoms with Gasteiger partial charge in [-0.2, -0.15) is 0 Å². The summed E-state index contributed by atoms with van der Waals surface area (Å²) < 4.78 is 16.9. The van der Waals surface area contributed by atoms with E-state index in [9.17, 15) is 0 Å². The van der Waals surface area contributed by atoms with E-state index < -0.39 is 0 Å². The molecule has 2 heterocycles. The van der Waals surface area contributed by atoms with Gasteiger partial charge >= 0.3 is 0 Å². The van der Waals surface area contributed by atoms with Crippen molar-refractivity contribution < 1.29 is 14.2 Å². The second-order valence-electron chi connectivity index (χ2n) is 6.41. The average Bonchev–Trinajstić information content (AvgIpc) is 2.68. The van der Waals surface area contributed by atoms with Crippen molar-refractivity contribution in [3.8, 4) is 17.2 Å². The lowest BCUT2D eigenvalue weighted by molar-refractivity contribution is 0.149. The van der Waals surface area contributed by atoms with Crippen molar-refractivity contribution in [1.29, 1.82) is 0 Å². The Bertz CT molecular complexity index is 735. The van der Waals surface area contributed by atoms with Gasteiger partial charge in [0, 0.05) is 31.7 Å². The summed E-state index contributed by atoms with van der Waals surface area (Å²) in [5, 5.41) is 3.51. The van der Waals surface area contributed by atoms with Gasteiger partial charge in [-0.05, 0) is 23.8 Å². The maximum atomic E-state index is 5.73. The van der Waals surface area contributed by atoms with Crippen LogP contribution in [0.3, 0.4) is 0 Å². The van der Waals surface area contributed by atoms with Gasteiger partial charge in [0.15, 0.2) is 11.5 Å². The fraction of sp³-hybridized carbons (Fsp3) is 0.400. The maximum Gasteiger partial charge on any atom is 0.161 e. The molecule has 0 saturated carbocycles. The number of nitrogens with one attached hydrogen (secondary N) is 1. The van der Waals surface area contributed by atoms with Gasteiger partial charge < -0.3 is 19.5 Å². The molecule has 0 radical (unpaired) electrons. The second kappa shape index (κ2) is 7.33. The summed E-state index contributed by atoms with van der Waals surface area (Å²) in [5.41, 5.74) is 2.47. The van der Waals surface area contributed by atoms with Crippen molar-refractivity contribution in [3.63, 3.8) is 0 Å². The second-order valence-corrected chi connectivity index (χ2v) is 6.41. The summed E-state index contributed by atoms with van der Waals surface area (Å²) in [5.74, 6) is 2.65. The molecular weight excluding hydrogens is 316 g/mol. The molecule has 1 atom stereocenters. The van der Waals surface area contributed by atoms with Gasteiger partial charge in [0.1, 0.15) is 19.0 Å². The van der Waals surface area contributed by atoms with Gasteiger partial charge in [-0.15, -0.1) is 0 Å². The van der Waals surface area contributed by atoms with Crippen LogP contribution in [0.2, 0.25) is 0 Å². The van der Waals surface area contributed by atoms with Gasteiger partial charge in [0.05, 0.1) is 13.2 Å². The lowest BCUT2D eigenvalue weighted by Crippen LogP contribution is -2.45. The van der Waals surface area contributed by atoms with Crippen molar-refractivity contribution in [1.82, 2.24) is 10.2 Å². The molecular formula is C20H24N2O3. The predicted molar refractivity (Wildman–Crippen MR) is 96.4 cm³/mol. The van der Waals surface area contributed by atoms with Gasteiger partial charge in [0.2, 0.25) is 0 Å². The molecule has 2 aliphatic heterocycles. The number of fused-ring (bicyclic) bond motifs is 1. The third-order valence-electron chi connectivity index (χ3n) is 4.84. The molecule has 0 aromatic heterocycles. The van der Waals surface area contributed by atoms with E-state index in [4.69, 9.17) is 14.2 Å². The van der Waals surface area contributed by atoms with Crippen LogP contribution in [0.25, 0.3) is 0 Å². The summed E-state index contributed by atoms with van der Waals surface area (Å²) in [4.78, 5) is 2.50. The van der Waals surface area contributed by atoms with Crippen molar-refractivity contribution >= 4 is 0 Å². The summed E-state index contributed by atoms with van der Waals surface area (Å²) >= 11 is 0. The van der Waals surface area contributed by atoms with Gasteiger partial charge in [-0.1, -0.05) is 24.3 Å². The Labute approximate surface area is 148 Å². The molecule has 2 aliphatic rings. The highest BCUT2D eigenvalue weighted by Crippen LogP contribution is 2.34. The van der Waals surface area contributed by atoms with E-state index in [1.54, 1.807) is 7.11 Å². The van der Waals surface area contributed by atoms with E-state index in [1.807, 2.05) is 18.2 Å². The molecule has 5 heteroatoms. The first-order valence-electron chi connectivity index (χ1n) is 8.81. The Morgan fingerprint density at radius 1 is 1.12 bits per heavy atom. The van der Waals surface area contributed by atoms with Gasteiger partial charge in [0.25, 0.3) is 0 Å². The fourth-order valence-electron chi connectivity index (χ4n) is 3.60. The largest absolute Gasteiger partial charge is 0.496 e. The molecule has 25 heavy (non-hydrogen) atoms. The summed E-state index contributed by atoms with van der Waals surface area (Å²) in [6.45, 7) is 5.03. The molecule has 1 unspecified atom stereocenters. The standard InChI is InChI=1S/C20H24N2O3/c1-23-18-5-3-2-4-16(18)17-13-21-8-9-22(17)14-15-6-7-19-20(12-15)25-11-10-24-19/h2-7,12,17,21H,8-11,13-14H2,1H3. The third kappa shape index (κ3) is 3.43. The monoisotopic (exact) mass is 340 g/mol. The molecule has 132 valence electrons. The Morgan fingerprint density at radius 2 is 1.96 bits per heavy atom. The Balaban J connectivity index is 1.57. The summed E-state index contributed by atoms with van der Waals surface area (Å²) in [6.07, 6.45) is 0. The number of benzene rings is 2. The molecule has 5 nitrogen and oxygen atoms in total. The quantitative estimate of drug-likeness (QED) is 0.927. The molecule has 0 amide bonds. The van der Waals surface area contributed by atoms with Crippen LogP contribution in [-0.2, 0) is 6.54 Å². The highest BCUT2D eigenvalue weighted by atomic mass is 16.6. The number of hydrogen-bond acceptors (Lipinski definition) is 5. The predicted octanol–water partition coefficient (Wildman–Crippen LogP) is 2.61. The first-order chi connectivity index (χ1) is 12.3. The molecule has 4 rings (SSSR count). The third-order valence-corrected chi connectivity index (χ3v) is 4.84. The smallest absolute Gasteiger partial charge is 0.161 e. The van der Waals surface area contributed by atoms with Crippen LogP contribution in [-0.4, -0.2) is 44.9 Å². The van der Waals surface area contributed by atoms with Crippen molar-refractivity contribution in [2.75, 3.05) is 40.0 Å². The van der Waals surface area contributed by atoms with Crippen LogP contribution < -0.4 is 19.5 Å². The van der Waals surface area contributed by atoms with Crippen LogP contribution in [0.15, 0.2) is 42.5 Å². The molecule has 1 saturated heterocycles. The highest BCUT2D eigenvalue weighted by molar-refractivity contribution is 5.44. The van der Waals surface area contributed by atoms with E-state index in [1.165, 1.54) is 11.1 Å². The first-order valence-corrected chi connectivity index (χ1v) is 8.81. The van der Waals surface area contributed by atoms with E-state index in [0.29, 0.717) is 13.2 Å². The van der Waals surface area contributed by atoms with Crippen LogP contribution in [0.5, 0.6) is 17.2 Å². The van der Waals surface area contributed by atoms with Crippen LogP contribution in [0.1, 0.15) is 17.2 Å². The minimum Gasteiger partial charge on any atom is -0.496 e. The molecule has 1 fully saturated rings. The summed E-state index contributed by atoms with van der Waals surface area (Å²) in [7, 11) is 1.74. The lowest BCUT2D eigenvalue weighted by atomic mass is 10.0. The van der Waals surface area contributed by atoms with E-state index in [2.05, 4.69) is 34.5 Å². The molecule has 2 aromatic carbocycles. The molecule has 0 aliphatic carbocycles.